The number of nitrogens with one attached hydrogen (secondary N) is 1. The van der Waals surface area contributed by atoms with Crippen LogP contribution in [0.1, 0.15) is 12.0 Å². The van der Waals surface area contributed by atoms with Gasteiger partial charge in [0.1, 0.15) is 25.1 Å². The summed E-state index contributed by atoms with van der Waals surface area (Å²) in [7, 11) is 0. The molecule has 0 spiro atoms. The highest BCUT2D eigenvalue weighted by atomic mass is 16.5. The second-order valence-electron chi connectivity index (χ2n) is 5.46. The summed E-state index contributed by atoms with van der Waals surface area (Å²) in [5, 5.41) is 11.9. The Kier molecular flexibility index (Phi) is 6.98. The molecule has 0 unspecified atom stereocenters. The first-order chi connectivity index (χ1) is 11.6. The van der Waals surface area contributed by atoms with Crippen LogP contribution in [0.15, 0.2) is 24.3 Å². The van der Waals surface area contributed by atoms with Crippen LogP contribution in [0.25, 0.3) is 0 Å². The van der Waals surface area contributed by atoms with Crippen molar-refractivity contribution in [2.45, 2.75) is 25.2 Å². The quantitative estimate of drug-likeness (QED) is 0.578. The zero-order chi connectivity index (χ0) is 17.4. The Balaban J connectivity index is 1.87. The Morgan fingerprint density at radius 1 is 1.29 bits per heavy atom. The zero-order valence-corrected chi connectivity index (χ0v) is 13.3. The van der Waals surface area contributed by atoms with Gasteiger partial charge in [0.15, 0.2) is 0 Å². The first-order valence-corrected chi connectivity index (χ1v) is 7.68. The molecule has 8 nitrogen and oxygen atoms in total. The van der Waals surface area contributed by atoms with E-state index in [4.69, 9.17) is 25.1 Å². The van der Waals surface area contributed by atoms with Crippen LogP contribution in [0, 0.1) is 0 Å². The second-order valence-corrected chi connectivity index (χ2v) is 5.46. The van der Waals surface area contributed by atoms with E-state index in [1.807, 2.05) is 0 Å². The molecule has 1 heterocycles. The van der Waals surface area contributed by atoms with Crippen molar-refractivity contribution >= 4 is 11.8 Å². The minimum Gasteiger partial charge on any atom is -0.486 e. The van der Waals surface area contributed by atoms with E-state index < -0.39 is 5.91 Å². The van der Waals surface area contributed by atoms with Crippen LogP contribution in [0.4, 0.5) is 0 Å². The summed E-state index contributed by atoms with van der Waals surface area (Å²) in [6.07, 6.45) is 0.278. The van der Waals surface area contributed by atoms with Crippen LogP contribution < -0.4 is 15.8 Å². The maximum absolute atomic E-state index is 11.9. The second kappa shape index (κ2) is 9.21. The molecule has 1 saturated heterocycles. The number of aliphatic hydroxyl groups is 1. The van der Waals surface area contributed by atoms with Gasteiger partial charge in [-0.05, 0) is 24.1 Å². The van der Waals surface area contributed by atoms with Crippen LogP contribution in [-0.4, -0.2) is 55.5 Å². The van der Waals surface area contributed by atoms with Crippen LogP contribution >= 0.6 is 0 Å². The molecule has 0 bridgehead atoms. The average molecular weight is 338 g/mol. The molecule has 1 aliphatic rings. The number of benzene rings is 1. The number of carbonyl (C=O) groups excluding carboxylic acids is 2. The lowest BCUT2D eigenvalue weighted by Crippen LogP contribution is -2.52. The number of primary amides is 1. The number of carbonyl (C=O) groups is 2. The lowest BCUT2D eigenvalue weighted by molar-refractivity contribution is -0.131. The number of hydrogen-bond donors (Lipinski definition) is 3. The van der Waals surface area contributed by atoms with E-state index in [-0.39, 0.29) is 37.9 Å². The van der Waals surface area contributed by atoms with Crippen molar-refractivity contribution in [3.63, 3.8) is 0 Å². The predicted molar refractivity (Wildman–Crippen MR) is 84.2 cm³/mol. The fourth-order valence-corrected chi connectivity index (χ4v) is 2.33. The molecule has 1 aliphatic heterocycles. The molecule has 2 atom stereocenters. The van der Waals surface area contributed by atoms with E-state index in [0.717, 1.165) is 5.56 Å². The highest BCUT2D eigenvalue weighted by Gasteiger charge is 2.29. The molecule has 1 fully saturated rings. The predicted octanol–water partition coefficient (Wildman–Crippen LogP) is -0.667. The standard InChI is InChI=1S/C16H22N2O6/c17-15(20)9-23-10-16(21)18-13-5-6-22-8-14(13)24-12-3-1-11(7-19)2-4-12/h1-4,13-14,19H,5-10H2,(H2,17,20)(H,18,21)/t13-,14-/m1/s1. The van der Waals surface area contributed by atoms with E-state index in [9.17, 15) is 9.59 Å². The molecule has 2 amide bonds. The number of hydrogen-bond acceptors (Lipinski definition) is 6. The molecule has 0 aromatic heterocycles. The van der Waals surface area contributed by atoms with E-state index in [1.54, 1.807) is 24.3 Å². The SMILES string of the molecule is NC(=O)COCC(=O)N[C@@H]1CCOC[C@H]1Oc1ccc(CO)cc1. The maximum atomic E-state index is 11.9. The Morgan fingerprint density at radius 3 is 2.71 bits per heavy atom. The third-order valence-corrected chi connectivity index (χ3v) is 3.52. The minimum atomic E-state index is -0.624. The van der Waals surface area contributed by atoms with Gasteiger partial charge in [-0.15, -0.1) is 0 Å². The van der Waals surface area contributed by atoms with Crippen molar-refractivity contribution in [3.8, 4) is 5.75 Å². The van der Waals surface area contributed by atoms with Gasteiger partial charge in [-0.25, -0.2) is 0 Å². The molecule has 8 heteroatoms. The van der Waals surface area contributed by atoms with Crippen molar-refractivity contribution in [3.05, 3.63) is 29.8 Å². The highest BCUT2D eigenvalue weighted by molar-refractivity contribution is 5.79. The van der Waals surface area contributed by atoms with Gasteiger partial charge in [0, 0.05) is 6.61 Å². The van der Waals surface area contributed by atoms with Crippen molar-refractivity contribution < 1.29 is 28.9 Å². The molecular weight excluding hydrogens is 316 g/mol. The van der Waals surface area contributed by atoms with Crippen LogP contribution in [-0.2, 0) is 25.7 Å². The van der Waals surface area contributed by atoms with Crippen LogP contribution in [0.5, 0.6) is 5.75 Å². The number of amides is 2. The monoisotopic (exact) mass is 338 g/mol. The Bertz CT molecular complexity index is 548. The third-order valence-electron chi connectivity index (χ3n) is 3.52. The van der Waals surface area contributed by atoms with Gasteiger partial charge in [-0.1, -0.05) is 12.1 Å². The minimum absolute atomic E-state index is 0.0309. The summed E-state index contributed by atoms with van der Waals surface area (Å²) in [5.41, 5.74) is 5.73. The van der Waals surface area contributed by atoms with Crippen molar-refractivity contribution in [1.29, 1.82) is 0 Å². The van der Waals surface area contributed by atoms with Crippen LogP contribution in [0.3, 0.4) is 0 Å². The number of nitrogens with two attached hydrogens (primary N) is 1. The molecule has 1 aromatic carbocycles. The number of rotatable bonds is 8. The van der Waals surface area contributed by atoms with Gasteiger partial charge >= 0.3 is 0 Å². The van der Waals surface area contributed by atoms with Gasteiger partial charge in [0.05, 0.1) is 19.3 Å². The normalized spacial score (nSPS) is 20.4. The van der Waals surface area contributed by atoms with Crippen molar-refractivity contribution in [2.75, 3.05) is 26.4 Å². The summed E-state index contributed by atoms with van der Waals surface area (Å²) in [5.74, 6) is -0.333. The lowest BCUT2D eigenvalue weighted by Gasteiger charge is -2.32. The van der Waals surface area contributed by atoms with E-state index in [0.29, 0.717) is 25.4 Å². The maximum Gasteiger partial charge on any atom is 0.246 e. The van der Waals surface area contributed by atoms with Crippen molar-refractivity contribution in [2.24, 2.45) is 5.73 Å². The summed E-state index contributed by atoms with van der Waals surface area (Å²) >= 11 is 0. The van der Waals surface area contributed by atoms with Crippen LogP contribution in [0.2, 0.25) is 0 Å². The molecular formula is C16H22N2O6. The Morgan fingerprint density at radius 2 is 2.04 bits per heavy atom. The summed E-state index contributed by atoms with van der Waals surface area (Å²) in [4.78, 5) is 22.4. The van der Waals surface area contributed by atoms with Gasteiger partial charge in [-0.3, -0.25) is 9.59 Å². The fourth-order valence-electron chi connectivity index (χ4n) is 2.33. The van der Waals surface area contributed by atoms with Gasteiger partial charge in [0.2, 0.25) is 11.8 Å². The smallest absolute Gasteiger partial charge is 0.246 e. The fraction of sp³-hybridized carbons (Fsp3) is 0.500. The van der Waals surface area contributed by atoms with E-state index in [2.05, 4.69) is 5.32 Å². The molecule has 132 valence electrons. The molecule has 1 aromatic rings. The Hall–Kier alpha value is -2.16. The molecule has 0 saturated carbocycles. The number of ether oxygens (including phenoxy) is 3. The first kappa shape index (κ1) is 18.2. The van der Waals surface area contributed by atoms with Gasteiger partial charge in [0.25, 0.3) is 0 Å². The summed E-state index contributed by atoms with van der Waals surface area (Å²) in [6, 6.07) is 6.83. The molecule has 0 aliphatic carbocycles. The molecule has 24 heavy (non-hydrogen) atoms. The summed E-state index contributed by atoms with van der Waals surface area (Å²) in [6.45, 7) is 0.318. The lowest BCUT2D eigenvalue weighted by atomic mass is 10.1. The Labute approximate surface area is 139 Å². The van der Waals surface area contributed by atoms with E-state index in [1.165, 1.54) is 0 Å². The first-order valence-electron chi connectivity index (χ1n) is 7.68. The van der Waals surface area contributed by atoms with Crippen molar-refractivity contribution in [1.82, 2.24) is 5.32 Å². The third kappa shape index (κ3) is 5.80. The highest BCUT2D eigenvalue weighted by Crippen LogP contribution is 2.18. The largest absolute Gasteiger partial charge is 0.486 e. The molecule has 0 radical (unpaired) electrons. The zero-order valence-electron chi connectivity index (χ0n) is 13.3. The van der Waals surface area contributed by atoms with E-state index >= 15 is 0 Å². The molecule has 4 N–H and O–H groups in total. The number of aliphatic hydroxyl groups excluding tert-OH is 1. The van der Waals surface area contributed by atoms with Gasteiger partial charge in [-0.2, -0.15) is 0 Å². The van der Waals surface area contributed by atoms with Gasteiger partial charge < -0.3 is 30.4 Å². The summed E-state index contributed by atoms with van der Waals surface area (Å²) < 4.78 is 16.2. The average Bonchev–Trinajstić information content (AvgIpc) is 2.57. The molecule has 2 rings (SSSR count). The topological polar surface area (TPSA) is 120 Å².